The summed E-state index contributed by atoms with van der Waals surface area (Å²) in [5, 5.41) is 17.8. The van der Waals surface area contributed by atoms with Crippen LogP contribution in [0.4, 0.5) is 0 Å². The molecule has 0 amide bonds. The maximum Gasteiger partial charge on any atom is 0.317 e. The molecule has 5 heteroatoms. The predicted octanol–water partition coefficient (Wildman–Crippen LogP) is 0.777. The topological polar surface area (TPSA) is 91.7 Å². The fraction of sp³-hybridized carbons (Fsp3) is 0.700. The molecular formula is C10H14O5. The molecule has 1 aliphatic rings. The maximum absolute atomic E-state index is 11.8. The van der Waals surface area contributed by atoms with Crippen LogP contribution in [0.1, 0.15) is 26.7 Å². The van der Waals surface area contributed by atoms with Gasteiger partial charge in [0, 0.05) is 0 Å². The van der Waals surface area contributed by atoms with Gasteiger partial charge in [-0.25, -0.2) is 0 Å². The Labute approximate surface area is 87.1 Å². The van der Waals surface area contributed by atoms with E-state index in [4.69, 9.17) is 10.2 Å². The van der Waals surface area contributed by atoms with Crippen LogP contribution in [0.2, 0.25) is 0 Å². The summed E-state index contributed by atoms with van der Waals surface area (Å²) in [6, 6.07) is 0. The van der Waals surface area contributed by atoms with Crippen LogP contribution >= 0.6 is 0 Å². The molecule has 0 saturated heterocycles. The Hall–Kier alpha value is -1.39. The molecule has 2 N–H and O–H groups in total. The van der Waals surface area contributed by atoms with Crippen molar-refractivity contribution in [3.63, 3.8) is 0 Å². The number of rotatable bonds is 2. The van der Waals surface area contributed by atoms with Crippen molar-refractivity contribution in [1.82, 2.24) is 0 Å². The molecule has 0 radical (unpaired) electrons. The number of aliphatic carboxylic acids is 2. The van der Waals surface area contributed by atoms with E-state index >= 15 is 0 Å². The third kappa shape index (κ3) is 1.62. The van der Waals surface area contributed by atoms with Crippen molar-refractivity contribution in [3.05, 3.63) is 0 Å². The van der Waals surface area contributed by atoms with E-state index in [9.17, 15) is 14.4 Å². The van der Waals surface area contributed by atoms with E-state index in [0.717, 1.165) is 0 Å². The van der Waals surface area contributed by atoms with Gasteiger partial charge >= 0.3 is 11.9 Å². The van der Waals surface area contributed by atoms with Crippen molar-refractivity contribution >= 4 is 17.7 Å². The largest absolute Gasteiger partial charge is 0.481 e. The summed E-state index contributed by atoms with van der Waals surface area (Å²) < 4.78 is 0. The molecule has 0 heterocycles. The third-order valence-corrected chi connectivity index (χ3v) is 3.44. The number of carbonyl (C=O) groups is 3. The lowest BCUT2D eigenvalue weighted by Crippen LogP contribution is -2.50. The number of hydrogen-bond donors (Lipinski definition) is 2. The molecule has 1 aliphatic carbocycles. The zero-order valence-corrected chi connectivity index (χ0v) is 8.69. The lowest BCUT2D eigenvalue weighted by atomic mass is 9.63. The van der Waals surface area contributed by atoms with Gasteiger partial charge in [0.25, 0.3) is 0 Å². The fourth-order valence-electron chi connectivity index (χ4n) is 1.99. The zero-order valence-electron chi connectivity index (χ0n) is 8.69. The first-order chi connectivity index (χ1) is 6.81. The van der Waals surface area contributed by atoms with E-state index in [1.54, 1.807) is 6.92 Å². The highest BCUT2D eigenvalue weighted by atomic mass is 16.4. The first kappa shape index (κ1) is 11.7. The van der Waals surface area contributed by atoms with Gasteiger partial charge < -0.3 is 10.2 Å². The molecule has 1 fully saturated rings. The standard InChI is InChI=1S/C10H14O5/c1-5-3-4-6(8(12)13)7(11)10(5,2)9(14)15/h5-6H,3-4H2,1-2H3,(H,12,13)(H,14,15). The molecule has 0 spiro atoms. The minimum absolute atomic E-state index is 0.234. The van der Waals surface area contributed by atoms with E-state index in [1.807, 2.05) is 0 Å². The van der Waals surface area contributed by atoms with Crippen molar-refractivity contribution in [3.8, 4) is 0 Å². The first-order valence-electron chi connectivity index (χ1n) is 4.82. The van der Waals surface area contributed by atoms with Gasteiger partial charge in [-0.05, 0) is 25.7 Å². The Kier molecular flexibility index (Phi) is 2.83. The van der Waals surface area contributed by atoms with E-state index in [1.165, 1.54) is 6.92 Å². The Morgan fingerprint density at radius 2 is 1.87 bits per heavy atom. The molecule has 84 valence electrons. The second-order valence-electron chi connectivity index (χ2n) is 4.24. The van der Waals surface area contributed by atoms with E-state index in [2.05, 4.69) is 0 Å². The molecule has 0 aromatic rings. The van der Waals surface area contributed by atoms with Crippen molar-refractivity contribution < 1.29 is 24.6 Å². The lowest BCUT2D eigenvalue weighted by molar-refractivity contribution is -0.165. The summed E-state index contributed by atoms with van der Waals surface area (Å²) in [7, 11) is 0. The van der Waals surface area contributed by atoms with Crippen molar-refractivity contribution in [1.29, 1.82) is 0 Å². The second-order valence-corrected chi connectivity index (χ2v) is 4.24. The Morgan fingerprint density at radius 3 is 2.27 bits per heavy atom. The highest BCUT2D eigenvalue weighted by molar-refractivity contribution is 6.11. The van der Waals surface area contributed by atoms with Gasteiger partial charge in [-0.1, -0.05) is 6.92 Å². The molecule has 0 bridgehead atoms. The summed E-state index contributed by atoms with van der Waals surface area (Å²) >= 11 is 0. The van der Waals surface area contributed by atoms with Crippen molar-refractivity contribution in [2.24, 2.45) is 17.3 Å². The number of carboxylic acids is 2. The molecular weight excluding hydrogens is 200 g/mol. The minimum Gasteiger partial charge on any atom is -0.481 e. The predicted molar refractivity (Wildman–Crippen MR) is 50.3 cm³/mol. The first-order valence-corrected chi connectivity index (χ1v) is 4.82. The van der Waals surface area contributed by atoms with Crippen LogP contribution in [0.3, 0.4) is 0 Å². The summed E-state index contributed by atoms with van der Waals surface area (Å²) in [5.41, 5.74) is -1.55. The molecule has 3 atom stereocenters. The highest BCUT2D eigenvalue weighted by Gasteiger charge is 2.53. The Morgan fingerprint density at radius 1 is 1.33 bits per heavy atom. The normalized spacial score (nSPS) is 36.3. The van der Waals surface area contributed by atoms with E-state index in [-0.39, 0.29) is 12.3 Å². The SMILES string of the molecule is CC1CCC(C(=O)O)C(=O)C1(C)C(=O)O. The molecule has 0 aromatic carbocycles. The van der Waals surface area contributed by atoms with Gasteiger partial charge in [-0.3, -0.25) is 14.4 Å². The second kappa shape index (κ2) is 3.64. The van der Waals surface area contributed by atoms with Gasteiger partial charge in [-0.15, -0.1) is 0 Å². The van der Waals surface area contributed by atoms with Crippen LogP contribution in [-0.2, 0) is 14.4 Å². The Balaban J connectivity index is 3.09. The molecule has 0 aliphatic heterocycles. The number of hydrogen-bond acceptors (Lipinski definition) is 3. The zero-order chi connectivity index (χ0) is 11.8. The van der Waals surface area contributed by atoms with Gasteiger partial charge in [0.2, 0.25) is 0 Å². The van der Waals surface area contributed by atoms with Gasteiger partial charge in [0.1, 0.15) is 11.3 Å². The summed E-state index contributed by atoms with van der Waals surface area (Å²) in [6.45, 7) is 2.99. The average Bonchev–Trinajstić information content (AvgIpc) is 2.13. The Bertz CT molecular complexity index is 322. The lowest BCUT2D eigenvalue weighted by Gasteiger charge is -2.36. The van der Waals surface area contributed by atoms with Crippen molar-refractivity contribution in [2.75, 3.05) is 0 Å². The number of carbonyl (C=O) groups excluding carboxylic acids is 1. The number of ketones is 1. The summed E-state index contributed by atoms with van der Waals surface area (Å²) in [6.07, 6.45) is 0.684. The monoisotopic (exact) mass is 214 g/mol. The number of Topliss-reactive ketones (excluding diaryl/α,β-unsaturated/α-hetero) is 1. The molecule has 1 rings (SSSR count). The maximum atomic E-state index is 11.8. The van der Waals surface area contributed by atoms with Crippen LogP contribution in [0.25, 0.3) is 0 Å². The van der Waals surface area contributed by atoms with Gasteiger partial charge in [0.15, 0.2) is 5.78 Å². The number of carboxylic acid groups (broad SMARTS) is 2. The van der Waals surface area contributed by atoms with Crippen LogP contribution in [0.5, 0.6) is 0 Å². The summed E-state index contributed by atoms with van der Waals surface area (Å²) in [5.74, 6) is -4.62. The smallest absolute Gasteiger partial charge is 0.317 e. The quantitative estimate of drug-likeness (QED) is 0.662. The fourth-order valence-corrected chi connectivity index (χ4v) is 1.99. The van der Waals surface area contributed by atoms with Crippen LogP contribution in [0.15, 0.2) is 0 Å². The van der Waals surface area contributed by atoms with Gasteiger partial charge in [0.05, 0.1) is 0 Å². The molecule has 1 saturated carbocycles. The van der Waals surface area contributed by atoms with Crippen LogP contribution in [0, 0.1) is 17.3 Å². The molecule has 3 unspecified atom stereocenters. The summed E-state index contributed by atoms with van der Waals surface area (Å²) in [4.78, 5) is 33.6. The van der Waals surface area contributed by atoms with Crippen molar-refractivity contribution in [2.45, 2.75) is 26.7 Å². The molecule has 15 heavy (non-hydrogen) atoms. The van der Waals surface area contributed by atoms with Gasteiger partial charge in [-0.2, -0.15) is 0 Å². The third-order valence-electron chi connectivity index (χ3n) is 3.44. The van der Waals surface area contributed by atoms with Crippen LogP contribution in [-0.4, -0.2) is 27.9 Å². The average molecular weight is 214 g/mol. The van der Waals surface area contributed by atoms with E-state index < -0.39 is 29.1 Å². The van der Waals surface area contributed by atoms with Crippen LogP contribution < -0.4 is 0 Å². The van der Waals surface area contributed by atoms with E-state index in [0.29, 0.717) is 6.42 Å². The highest BCUT2D eigenvalue weighted by Crippen LogP contribution is 2.40. The molecule has 0 aromatic heterocycles. The minimum atomic E-state index is -1.55. The molecule has 5 nitrogen and oxygen atoms in total.